The smallest absolute Gasteiger partial charge is 0.285 e. The average molecular weight is 346 g/mol. The van der Waals surface area contributed by atoms with Gasteiger partial charge in [-0.1, -0.05) is 17.3 Å². The van der Waals surface area contributed by atoms with Crippen molar-refractivity contribution in [2.24, 2.45) is 4.40 Å². The van der Waals surface area contributed by atoms with Gasteiger partial charge in [-0.25, -0.2) is 0 Å². The van der Waals surface area contributed by atoms with Crippen molar-refractivity contribution in [3.63, 3.8) is 0 Å². The lowest BCUT2D eigenvalue weighted by molar-refractivity contribution is 0.172. The Kier molecular flexibility index (Phi) is 3.65. The fraction of sp³-hybridized carbons (Fsp3) is 0.375. The third-order valence-corrected chi connectivity index (χ3v) is 5.67. The van der Waals surface area contributed by atoms with Crippen LogP contribution >= 0.6 is 0 Å². The fourth-order valence-corrected chi connectivity index (χ4v) is 4.38. The lowest BCUT2D eigenvalue weighted by Crippen LogP contribution is -2.48. The summed E-state index contributed by atoms with van der Waals surface area (Å²) in [5, 5.41) is 4.02. The number of hydrogen-bond donors (Lipinski definition) is 0. The van der Waals surface area contributed by atoms with E-state index >= 15 is 0 Å². The van der Waals surface area contributed by atoms with E-state index in [9.17, 15) is 8.42 Å². The molecule has 0 aliphatic carbocycles. The molecule has 126 valence electrons. The predicted molar refractivity (Wildman–Crippen MR) is 88.3 cm³/mol. The number of aromatic nitrogens is 1. The third kappa shape index (κ3) is 2.71. The van der Waals surface area contributed by atoms with Crippen molar-refractivity contribution in [3.8, 4) is 0 Å². The molecule has 3 heterocycles. The van der Waals surface area contributed by atoms with Crippen LogP contribution in [0.4, 0.5) is 0 Å². The molecule has 0 atom stereocenters. The topological polar surface area (TPSA) is 79.0 Å². The Morgan fingerprint density at radius 3 is 2.62 bits per heavy atom. The molecule has 1 aromatic carbocycles. The first-order valence-electron chi connectivity index (χ1n) is 7.87. The monoisotopic (exact) mass is 346 g/mol. The summed E-state index contributed by atoms with van der Waals surface area (Å²) >= 11 is 0. The number of piperazine rings is 1. The van der Waals surface area contributed by atoms with Gasteiger partial charge in [-0.05, 0) is 19.1 Å². The van der Waals surface area contributed by atoms with Gasteiger partial charge >= 0.3 is 0 Å². The summed E-state index contributed by atoms with van der Waals surface area (Å²) in [6.45, 7) is 5.75. The van der Waals surface area contributed by atoms with Crippen LogP contribution in [0.5, 0.6) is 0 Å². The minimum absolute atomic E-state index is 0.306. The molecule has 4 rings (SSSR count). The number of benzene rings is 1. The van der Waals surface area contributed by atoms with Crippen LogP contribution in [0.25, 0.3) is 0 Å². The van der Waals surface area contributed by atoms with Gasteiger partial charge in [0, 0.05) is 44.4 Å². The molecule has 0 spiro atoms. The highest BCUT2D eigenvalue weighted by atomic mass is 32.2. The number of amidine groups is 1. The van der Waals surface area contributed by atoms with Crippen LogP contribution in [0, 0.1) is 6.92 Å². The molecule has 0 amide bonds. The second kappa shape index (κ2) is 5.71. The minimum atomic E-state index is -3.55. The normalized spacial score (nSPS) is 20.0. The maximum absolute atomic E-state index is 12.2. The summed E-state index contributed by atoms with van der Waals surface area (Å²) in [7, 11) is -3.55. The second-order valence-corrected chi connectivity index (χ2v) is 7.65. The van der Waals surface area contributed by atoms with E-state index in [4.69, 9.17) is 4.52 Å². The van der Waals surface area contributed by atoms with E-state index in [1.807, 2.05) is 30.0 Å². The summed E-state index contributed by atoms with van der Waals surface area (Å²) in [4.78, 5) is 4.64. The maximum atomic E-state index is 12.2. The van der Waals surface area contributed by atoms with Crippen LogP contribution in [0.2, 0.25) is 0 Å². The van der Waals surface area contributed by atoms with Crippen molar-refractivity contribution in [2.75, 3.05) is 26.2 Å². The average Bonchev–Trinajstić information content (AvgIpc) is 3.10. The molecule has 2 aromatic rings. The second-order valence-electron chi connectivity index (χ2n) is 6.08. The van der Waals surface area contributed by atoms with Gasteiger partial charge in [0.05, 0.1) is 5.69 Å². The molecule has 8 heteroatoms. The van der Waals surface area contributed by atoms with Gasteiger partial charge in [-0.2, -0.15) is 8.42 Å². The van der Waals surface area contributed by atoms with E-state index < -0.39 is 10.0 Å². The van der Waals surface area contributed by atoms with Gasteiger partial charge in [0.15, 0.2) is 5.84 Å². The van der Waals surface area contributed by atoms with Gasteiger partial charge in [0.2, 0.25) is 0 Å². The van der Waals surface area contributed by atoms with Crippen molar-refractivity contribution in [3.05, 3.63) is 47.3 Å². The van der Waals surface area contributed by atoms with Crippen molar-refractivity contribution < 1.29 is 12.9 Å². The summed E-state index contributed by atoms with van der Waals surface area (Å²) in [6, 6.07) is 8.95. The zero-order valence-corrected chi connectivity index (χ0v) is 14.2. The van der Waals surface area contributed by atoms with Gasteiger partial charge < -0.3 is 9.42 Å². The van der Waals surface area contributed by atoms with E-state index in [0.717, 1.165) is 44.2 Å². The van der Waals surface area contributed by atoms with Gasteiger partial charge in [0.1, 0.15) is 10.7 Å². The zero-order valence-electron chi connectivity index (χ0n) is 13.3. The fourth-order valence-electron chi connectivity index (χ4n) is 3.16. The minimum Gasteiger partial charge on any atom is -0.361 e. The number of sulfonamides is 1. The summed E-state index contributed by atoms with van der Waals surface area (Å²) in [5.41, 5.74) is 1.63. The van der Waals surface area contributed by atoms with Crippen molar-refractivity contribution in [1.82, 2.24) is 15.0 Å². The third-order valence-electron chi connectivity index (χ3n) is 4.35. The van der Waals surface area contributed by atoms with Crippen LogP contribution in [-0.2, 0) is 16.6 Å². The Labute approximate surface area is 140 Å². The molecule has 0 bridgehead atoms. The van der Waals surface area contributed by atoms with Crippen molar-refractivity contribution in [1.29, 1.82) is 0 Å². The SMILES string of the molecule is Cc1cc(CN2CCN(C3=NS(=O)(=O)c4ccccc43)CC2)no1. The van der Waals surface area contributed by atoms with E-state index in [1.165, 1.54) is 0 Å². The molecule has 24 heavy (non-hydrogen) atoms. The highest BCUT2D eigenvalue weighted by Gasteiger charge is 2.32. The molecular weight excluding hydrogens is 328 g/mol. The van der Waals surface area contributed by atoms with Crippen molar-refractivity contribution in [2.45, 2.75) is 18.4 Å². The predicted octanol–water partition coefficient (Wildman–Crippen LogP) is 1.25. The Bertz CT molecular complexity index is 896. The standard InChI is InChI=1S/C16H18N4O3S/c1-12-10-13(17-23-12)11-19-6-8-20(9-7-19)16-14-4-2-3-5-15(14)24(21,22)18-16/h2-5,10H,6-9,11H2,1H3. The molecule has 0 saturated carbocycles. The van der Waals surface area contributed by atoms with E-state index in [0.29, 0.717) is 16.3 Å². The number of aryl methyl sites for hydroxylation is 1. The molecule has 2 aliphatic heterocycles. The molecule has 0 N–H and O–H groups in total. The van der Waals surface area contributed by atoms with E-state index in [1.54, 1.807) is 12.1 Å². The van der Waals surface area contributed by atoms with Gasteiger partial charge in [0.25, 0.3) is 10.0 Å². The largest absolute Gasteiger partial charge is 0.361 e. The van der Waals surface area contributed by atoms with Gasteiger partial charge in [-0.3, -0.25) is 4.90 Å². The first kappa shape index (κ1) is 15.3. The van der Waals surface area contributed by atoms with E-state index in [-0.39, 0.29) is 0 Å². The number of hydrogen-bond acceptors (Lipinski definition) is 6. The van der Waals surface area contributed by atoms with Crippen LogP contribution < -0.4 is 0 Å². The van der Waals surface area contributed by atoms with E-state index in [2.05, 4.69) is 14.5 Å². The lowest BCUT2D eigenvalue weighted by atomic mass is 10.1. The Hall–Kier alpha value is -2.19. The molecular formula is C16H18N4O3S. The molecule has 1 saturated heterocycles. The van der Waals surface area contributed by atoms with Crippen molar-refractivity contribution >= 4 is 15.9 Å². The highest BCUT2D eigenvalue weighted by Crippen LogP contribution is 2.27. The first-order chi connectivity index (χ1) is 11.5. The zero-order chi connectivity index (χ0) is 16.7. The lowest BCUT2D eigenvalue weighted by Gasteiger charge is -2.35. The Morgan fingerprint density at radius 2 is 1.92 bits per heavy atom. The molecule has 1 fully saturated rings. The van der Waals surface area contributed by atoms with Crippen LogP contribution in [0.3, 0.4) is 0 Å². The number of rotatable bonds is 2. The Morgan fingerprint density at radius 1 is 1.17 bits per heavy atom. The van der Waals surface area contributed by atoms with Crippen LogP contribution in [0.15, 0.2) is 44.1 Å². The van der Waals surface area contributed by atoms with Gasteiger partial charge in [-0.15, -0.1) is 4.40 Å². The first-order valence-corrected chi connectivity index (χ1v) is 9.31. The Balaban J connectivity index is 1.47. The quantitative estimate of drug-likeness (QED) is 0.814. The molecule has 2 aliphatic rings. The highest BCUT2D eigenvalue weighted by molar-refractivity contribution is 7.90. The van der Waals surface area contributed by atoms with Crippen LogP contribution in [-0.4, -0.2) is 55.4 Å². The molecule has 7 nitrogen and oxygen atoms in total. The maximum Gasteiger partial charge on any atom is 0.285 e. The number of nitrogens with zero attached hydrogens (tertiary/aromatic N) is 4. The number of fused-ring (bicyclic) bond motifs is 1. The van der Waals surface area contributed by atoms with Crippen LogP contribution in [0.1, 0.15) is 17.0 Å². The molecule has 0 unspecified atom stereocenters. The summed E-state index contributed by atoms with van der Waals surface area (Å²) < 4.78 is 33.4. The summed E-state index contributed by atoms with van der Waals surface area (Å²) in [6.07, 6.45) is 0. The molecule has 0 radical (unpaired) electrons. The molecule has 1 aromatic heterocycles. The summed E-state index contributed by atoms with van der Waals surface area (Å²) in [5.74, 6) is 1.38.